The van der Waals surface area contributed by atoms with Crippen molar-refractivity contribution in [1.29, 1.82) is 0 Å². The van der Waals surface area contributed by atoms with Gasteiger partial charge in [-0.1, -0.05) is 13.8 Å². The van der Waals surface area contributed by atoms with E-state index in [9.17, 15) is 5.11 Å². The van der Waals surface area contributed by atoms with E-state index in [0.717, 1.165) is 19.3 Å². The van der Waals surface area contributed by atoms with Crippen LogP contribution in [-0.4, -0.2) is 17.3 Å². The predicted octanol–water partition coefficient (Wildman–Crippen LogP) is 0.885. The Balaban J connectivity index is 2.52. The van der Waals surface area contributed by atoms with Gasteiger partial charge in [0.15, 0.2) is 0 Å². The van der Waals surface area contributed by atoms with Crippen LogP contribution in [-0.2, 0) is 0 Å². The fourth-order valence-electron chi connectivity index (χ4n) is 1.45. The first kappa shape index (κ1) is 8.02. The highest BCUT2D eigenvalue weighted by atomic mass is 16.3. The Kier molecular flexibility index (Phi) is 2.02. The normalized spacial score (nSPS) is 39.6. The fourth-order valence-corrected chi connectivity index (χ4v) is 1.45. The van der Waals surface area contributed by atoms with Crippen LogP contribution in [0.5, 0.6) is 0 Å². The zero-order valence-electron chi connectivity index (χ0n) is 6.80. The van der Waals surface area contributed by atoms with Gasteiger partial charge in [-0.25, -0.2) is 0 Å². The lowest BCUT2D eigenvalue weighted by atomic mass is 9.73. The first-order valence-corrected chi connectivity index (χ1v) is 3.96. The lowest BCUT2D eigenvalue weighted by Crippen LogP contribution is -2.41. The van der Waals surface area contributed by atoms with Crippen LogP contribution in [0.1, 0.15) is 33.1 Å². The van der Waals surface area contributed by atoms with Gasteiger partial charge in [-0.15, -0.1) is 0 Å². The summed E-state index contributed by atoms with van der Waals surface area (Å²) >= 11 is 0. The molecule has 10 heavy (non-hydrogen) atoms. The largest absolute Gasteiger partial charge is 0.393 e. The summed E-state index contributed by atoms with van der Waals surface area (Å²) in [5, 5.41) is 9.53. The Labute approximate surface area is 62.4 Å². The molecule has 1 aliphatic carbocycles. The molecule has 3 N–H and O–H groups in total. The standard InChI is InChI=1S/C8H17NO/c1-8(2)4-3-6(9)5-7(8)10/h6-7,10H,3-5,9H2,1-2H3. The van der Waals surface area contributed by atoms with Gasteiger partial charge in [-0.05, 0) is 24.7 Å². The van der Waals surface area contributed by atoms with Crippen molar-refractivity contribution in [2.24, 2.45) is 11.1 Å². The average molecular weight is 143 g/mol. The van der Waals surface area contributed by atoms with Gasteiger partial charge in [-0.3, -0.25) is 0 Å². The maximum atomic E-state index is 9.53. The third-order valence-corrected chi connectivity index (χ3v) is 2.59. The number of aliphatic hydroxyl groups is 1. The first-order valence-electron chi connectivity index (χ1n) is 3.96. The van der Waals surface area contributed by atoms with Crippen molar-refractivity contribution >= 4 is 0 Å². The van der Waals surface area contributed by atoms with Crippen LogP contribution in [0.2, 0.25) is 0 Å². The number of nitrogens with two attached hydrogens (primary N) is 1. The molecule has 1 aliphatic rings. The Morgan fingerprint density at radius 2 is 2.10 bits per heavy atom. The molecule has 0 aromatic carbocycles. The van der Waals surface area contributed by atoms with E-state index in [1.165, 1.54) is 0 Å². The number of aliphatic hydroxyl groups excluding tert-OH is 1. The van der Waals surface area contributed by atoms with E-state index in [2.05, 4.69) is 13.8 Å². The molecule has 1 saturated carbocycles. The lowest BCUT2D eigenvalue weighted by Gasteiger charge is -2.37. The van der Waals surface area contributed by atoms with Crippen LogP contribution in [0.25, 0.3) is 0 Å². The van der Waals surface area contributed by atoms with E-state index >= 15 is 0 Å². The van der Waals surface area contributed by atoms with E-state index in [4.69, 9.17) is 5.73 Å². The lowest BCUT2D eigenvalue weighted by molar-refractivity contribution is 0.00652. The van der Waals surface area contributed by atoms with Crippen molar-refractivity contribution < 1.29 is 5.11 Å². The van der Waals surface area contributed by atoms with Crippen molar-refractivity contribution in [3.05, 3.63) is 0 Å². The monoisotopic (exact) mass is 143 g/mol. The third-order valence-electron chi connectivity index (χ3n) is 2.59. The molecule has 0 bridgehead atoms. The summed E-state index contributed by atoms with van der Waals surface area (Å²) in [6, 6.07) is 0.225. The van der Waals surface area contributed by atoms with Crippen LogP contribution < -0.4 is 5.73 Å². The molecule has 0 radical (unpaired) electrons. The van der Waals surface area contributed by atoms with E-state index in [1.807, 2.05) is 0 Å². The second-order valence-electron chi connectivity index (χ2n) is 4.04. The smallest absolute Gasteiger partial charge is 0.0605 e. The molecule has 0 aliphatic heterocycles. The van der Waals surface area contributed by atoms with Crippen molar-refractivity contribution in [1.82, 2.24) is 0 Å². The second kappa shape index (κ2) is 2.51. The van der Waals surface area contributed by atoms with Gasteiger partial charge < -0.3 is 10.8 Å². The van der Waals surface area contributed by atoms with Crippen molar-refractivity contribution in [3.8, 4) is 0 Å². The zero-order valence-corrected chi connectivity index (χ0v) is 6.80. The number of rotatable bonds is 0. The van der Waals surface area contributed by atoms with Crippen molar-refractivity contribution in [2.45, 2.75) is 45.3 Å². The summed E-state index contributed by atoms with van der Waals surface area (Å²) in [5.74, 6) is 0. The first-order chi connectivity index (χ1) is 4.52. The highest BCUT2D eigenvalue weighted by Gasteiger charge is 2.33. The summed E-state index contributed by atoms with van der Waals surface area (Å²) in [6.45, 7) is 4.20. The van der Waals surface area contributed by atoms with Gasteiger partial charge >= 0.3 is 0 Å². The van der Waals surface area contributed by atoms with E-state index in [1.54, 1.807) is 0 Å². The molecule has 60 valence electrons. The Morgan fingerprint density at radius 1 is 1.50 bits per heavy atom. The minimum atomic E-state index is -0.198. The van der Waals surface area contributed by atoms with Crippen LogP contribution in [0.15, 0.2) is 0 Å². The highest BCUT2D eigenvalue weighted by Crippen LogP contribution is 2.34. The van der Waals surface area contributed by atoms with Crippen LogP contribution in [0.3, 0.4) is 0 Å². The molecular formula is C8H17NO. The molecule has 0 heterocycles. The van der Waals surface area contributed by atoms with Crippen molar-refractivity contribution in [3.63, 3.8) is 0 Å². The molecule has 0 spiro atoms. The van der Waals surface area contributed by atoms with Gasteiger partial charge in [0.1, 0.15) is 0 Å². The molecule has 1 rings (SSSR count). The van der Waals surface area contributed by atoms with Crippen LogP contribution >= 0.6 is 0 Å². The SMILES string of the molecule is CC1(C)CCC(N)CC1O. The van der Waals surface area contributed by atoms with Gasteiger partial charge in [0, 0.05) is 6.04 Å². The Bertz CT molecular complexity index is 122. The van der Waals surface area contributed by atoms with Crippen molar-refractivity contribution in [2.75, 3.05) is 0 Å². The quantitative estimate of drug-likeness (QED) is 0.529. The van der Waals surface area contributed by atoms with Gasteiger partial charge in [0.2, 0.25) is 0 Å². The Hall–Kier alpha value is -0.0800. The van der Waals surface area contributed by atoms with E-state index < -0.39 is 0 Å². The molecule has 0 saturated heterocycles. The maximum Gasteiger partial charge on any atom is 0.0605 e. The average Bonchev–Trinajstić information content (AvgIpc) is 1.81. The number of hydrogen-bond donors (Lipinski definition) is 2. The third kappa shape index (κ3) is 1.50. The van der Waals surface area contributed by atoms with E-state index in [0.29, 0.717) is 0 Å². The minimum Gasteiger partial charge on any atom is -0.393 e. The Morgan fingerprint density at radius 3 is 2.50 bits per heavy atom. The number of hydrogen-bond acceptors (Lipinski definition) is 2. The summed E-state index contributed by atoms with van der Waals surface area (Å²) in [6.07, 6.45) is 2.68. The summed E-state index contributed by atoms with van der Waals surface area (Å²) in [7, 11) is 0. The summed E-state index contributed by atoms with van der Waals surface area (Å²) in [4.78, 5) is 0. The maximum absolute atomic E-state index is 9.53. The molecule has 2 heteroatoms. The molecule has 0 aromatic rings. The molecule has 1 fully saturated rings. The summed E-state index contributed by atoms with van der Waals surface area (Å²) < 4.78 is 0. The van der Waals surface area contributed by atoms with Gasteiger partial charge in [0.25, 0.3) is 0 Å². The van der Waals surface area contributed by atoms with Gasteiger partial charge in [0.05, 0.1) is 6.10 Å². The van der Waals surface area contributed by atoms with Gasteiger partial charge in [-0.2, -0.15) is 0 Å². The molecular weight excluding hydrogens is 126 g/mol. The molecule has 0 aromatic heterocycles. The van der Waals surface area contributed by atoms with Crippen LogP contribution in [0.4, 0.5) is 0 Å². The fraction of sp³-hybridized carbons (Fsp3) is 1.00. The van der Waals surface area contributed by atoms with Crippen LogP contribution in [0, 0.1) is 5.41 Å². The minimum absolute atomic E-state index is 0.0931. The second-order valence-corrected chi connectivity index (χ2v) is 4.04. The predicted molar refractivity (Wildman–Crippen MR) is 41.6 cm³/mol. The molecule has 2 nitrogen and oxygen atoms in total. The molecule has 2 atom stereocenters. The highest BCUT2D eigenvalue weighted by molar-refractivity contribution is 4.87. The molecule has 2 unspecified atom stereocenters. The zero-order chi connectivity index (χ0) is 7.78. The van der Waals surface area contributed by atoms with E-state index in [-0.39, 0.29) is 17.6 Å². The molecule has 0 amide bonds. The summed E-state index contributed by atoms with van der Waals surface area (Å²) in [5.41, 5.74) is 5.78. The topological polar surface area (TPSA) is 46.2 Å².